The first-order valence-corrected chi connectivity index (χ1v) is 10.7. The van der Waals surface area contributed by atoms with Crippen molar-refractivity contribution in [2.75, 3.05) is 13.1 Å². The molecule has 1 saturated heterocycles. The van der Waals surface area contributed by atoms with E-state index in [1.165, 1.54) is 0 Å². The summed E-state index contributed by atoms with van der Waals surface area (Å²) >= 11 is 0. The fourth-order valence-electron chi connectivity index (χ4n) is 3.58. The molecule has 0 aliphatic carbocycles. The van der Waals surface area contributed by atoms with Gasteiger partial charge in [-0.15, -0.1) is 0 Å². The Hall–Kier alpha value is -3.01. The van der Waals surface area contributed by atoms with E-state index in [1.807, 2.05) is 53.7 Å². The molecule has 0 radical (unpaired) electrons. The van der Waals surface area contributed by atoms with Crippen LogP contribution < -0.4 is 9.47 Å². The van der Waals surface area contributed by atoms with Crippen LogP contribution in [-0.2, 0) is 4.74 Å². The molecular weight excluding hydrogens is 394 g/mol. The first-order chi connectivity index (χ1) is 14.6. The smallest absolute Gasteiger partial charge is 0.410 e. The Kier molecular flexibility index (Phi) is 6.59. The lowest BCUT2D eigenvalue weighted by atomic mass is 10.1. The van der Waals surface area contributed by atoms with Gasteiger partial charge < -0.3 is 19.1 Å². The molecule has 166 valence electrons. The molecule has 2 aromatic rings. The molecule has 1 aromatic heterocycles. The summed E-state index contributed by atoms with van der Waals surface area (Å²) < 4.78 is 17.6. The quantitative estimate of drug-likeness (QED) is 0.592. The number of amides is 1. The zero-order valence-corrected chi connectivity index (χ0v) is 19.2. The average Bonchev–Trinajstić information content (AvgIpc) is 2.68. The fourth-order valence-corrected chi connectivity index (χ4v) is 3.58. The first-order valence-electron chi connectivity index (χ1n) is 10.7. The number of carbonyl (C=O) groups excluding carboxylic acids is 1. The second-order valence-electron chi connectivity index (χ2n) is 9.20. The van der Waals surface area contributed by atoms with E-state index in [9.17, 15) is 4.79 Å². The minimum Gasteiger partial charge on any atom is -0.502 e. The molecule has 7 nitrogen and oxygen atoms in total. The molecule has 1 atom stereocenters. The number of hydrogen-bond donors (Lipinski definition) is 0. The SMILES string of the molecule is [C-]#[N+]c1cc2c(C)cnc(O[C@@H]3CCCN(C(=O)OC(C)(C)C)C3)c2cc1OC(C)C. The van der Waals surface area contributed by atoms with E-state index >= 15 is 0 Å². The number of benzene rings is 1. The van der Waals surface area contributed by atoms with Crippen molar-refractivity contribution in [3.8, 4) is 11.6 Å². The third-order valence-corrected chi connectivity index (χ3v) is 4.92. The van der Waals surface area contributed by atoms with E-state index in [-0.39, 0.29) is 18.3 Å². The highest BCUT2D eigenvalue weighted by atomic mass is 16.6. The molecule has 1 aromatic carbocycles. The summed E-state index contributed by atoms with van der Waals surface area (Å²) in [4.78, 5) is 22.3. The van der Waals surface area contributed by atoms with E-state index < -0.39 is 5.60 Å². The van der Waals surface area contributed by atoms with Crippen LogP contribution in [0, 0.1) is 13.5 Å². The minimum absolute atomic E-state index is 0.0548. The van der Waals surface area contributed by atoms with Crippen LogP contribution in [0.1, 0.15) is 53.0 Å². The van der Waals surface area contributed by atoms with Gasteiger partial charge in [0.1, 0.15) is 17.5 Å². The summed E-state index contributed by atoms with van der Waals surface area (Å²) in [5, 5.41) is 1.71. The van der Waals surface area contributed by atoms with Gasteiger partial charge in [0.15, 0.2) is 0 Å². The van der Waals surface area contributed by atoms with Crippen LogP contribution in [0.2, 0.25) is 0 Å². The molecule has 2 heterocycles. The van der Waals surface area contributed by atoms with Gasteiger partial charge in [-0.25, -0.2) is 14.6 Å². The van der Waals surface area contributed by atoms with Gasteiger partial charge in [0.25, 0.3) is 0 Å². The van der Waals surface area contributed by atoms with E-state index in [4.69, 9.17) is 20.8 Å². The van der Waals surface area contributed by atoms with Gasteiger partial charge in [0.05, 0.1) is 19.2 Å². The number of hydrogen-bond acceptors (Lipinski definition) is 5. The summed E-state index contributed by atoms with van der Waals surface area (Å²) in [6.07, 6.45) is 2.85. The number of rotatable bonds is 4. The largest absolute Gasteiger partial charge is 0.502 e. The number of ether oxygens (including phenoxy) is 3. The van der Waals surface area contributed by atoms with Crippen molar-refractivity contribution in [1.29, 1.82) is 0 Å². The van der Waals surface area contributed by atoms with E-state index in [0.29, 0.717) is 30.4 Å². The molecule has 31 heavy (non-hydrogen) atoms. The Bertz CT molecular complexity index is 1000. The zero-order chi connectivity index (χ0) is 22.8. The molecule has 7 heteroatoms. The van der Waals surface area contributed by atoms with Crippen LogP contribution in [0.3, 0.4) is 0 Å². The van der Waals surface area contributed by atoms with Crippen LogP contribution in [0.25, 0.3) is 15.6 Å². The van der Waals surface area contributed by atoms with Crippen molar-refractivity contribution in [2.45, 2.75) is 72.2 Å². The number of likely N-dealkylation sites (tertiary alicyclic amines) is 1. The molecule has 0 bridgehead atoms. The van der Waals surface area contributed by atoms with Gasteiger partial charge in [-0.2, -0.15) is 0 Å². The van der Waals surface area contributed by atoms with Crippen molar-refractivity contribution in [2.24, 2.45) is 0 Å². The minimum atomic E-state index is -0.535. The highest BCUT2D eigenvalue weighted by Crippen LogP contribution is 2.38. The van der Waals surface area contributed by atoms with Crippen LogP contribution in [0.5, 0.6) is 11.6 Å². The van der Waals surface area contributed by atoms with Gasteiger partial charge in [-0.1, -0.05) is 0 Å². The van der Waals surface area contributed by atoms with Crippen molar-refractivity contribution in [3.05, 3.63) is 35.3 Å². The highest BCUT2D eigenvalue weighted by Gasteiger charge is 2.29. The lowest BCUT2D eigenvalue weighted by Crippen LogP contribution is -2.46. The number of aromatic nitrogens is 1. The topological polar surface area (TPSA) is 65.2 Å². The number of aryl methyl sites for hydroxylation is 1. The fraction of sp³-hybridized carbons (Fsp3) is 0.542. The molecule has 1 fully saturated rings. The second-order valence-corrected chi connectivity index (χ2v) is 9.20. The monoisotopic (exact) mass is 425 g/mol. The van der Waals surface area contributed by atoms with E-state index in [1.54, 1.807) is 11.1 Å². The summed E-state index contributed by atoms with van der Waals surface area (Å²) in [6, 6.07) is 3.67. The highest BCUT2D eigenvalue weighted by molar-refractivity contribution is 5.94. The third kappa shape index (κ3) is 5.57. The maximum absolute atomic E-state index is 12.5. The van der Waals surface area contributed by atoms with Crippen LogP contribution in [0.4, 0.5) is 10.5 Å². The molecule has 1 amide bonds. The molecule has 1 aliphatic heterocycles. The predicted molar refractivity (Wildman–Crippen MR) is 120 cm³/mol. The van der Waals surface area contributed by atoms with Gasteiger partial charge in [0, 0.05) is 18.1 Å². The maximum atomic E-state index is 12.5. The molecule has 0 unspecified atom stereocenters. The lowest BCUT2D eigenvalue weighted by molar-refractivity contribution is 0.00743. The summed E-state index contributed by atoms with van der Waals surface area (Å²) in [5.41, 5.74) is 0.894. The van der Waals surface area contributed by atoms with Crippen molar-refractivity contribution in [1.82, 2.24) is 9.88 Å². The normalized spacial score (nSPS) is 16.8. The van der Waals surface area contributed by atoms with Crippen LogP contribution >= 0.6 is 0 Å². The number of carbonyl (C=O) groups is 1. The zero-order valence-electron chi connectivity index (χ0n) is 19.2. The van der Waals surface area contributed by atoms with Gasteiger partial charge in [-0.05, 0) is 77.5 Å². The Morgan fingerprint density at radius 2 is 2.03 bits per heavy atom. The second kappa shape index (κ2) is 9.01. The van der Waals surface area contributed by atoms with Gasteiger partial charge in [-0.3, -0.25) is 0 Å². The average molecular weight is 426 g/mol. The van der Waals surface area contributed by atoms with Crippen molar-refractivity contribution in [3.63, 3.8) is 0 Å². The van der Waals surface area contributed by atoms with E-state index in [2.05, 4.69) is 9.83 Å². The number of piperidine rings is 1. The van der Waals surface area contributed by atoms with Crippen LogP contribution in [-0.4, -0.2) is 46.9 Å². The Balaban J connectivity index is 1.88. The summed E-state index contributed by atoms with van der Waals surface area (Å²) in [7, 11) is 0. The molecular formula is C24H31N3O4. The standard InChI is InChI=1S/C24H31N3O4/c1-15(2)29-21-12-19-18(11-20(21)25-7)16(3)13-26-22(19)30-17-9-8-10-27(14-17)23(28)31-24(4,5)6/h11-13,15,17H,8-10,14H2,1-6H3/t17-/m1/s1. The summed E-state index contributed by atoms with van der Waals surface area (Å²) in [5.74, 6) is 1.01. The van der Waals surface area contributed by atoms with Gasteiger partial charge >= 0.3 is 6.09 Å². The summed E-state index contributed by atoms with van der Waals surface area (Å²) in [6.45, 7) is 20.0. The molecule has 1 aliphatic rings. The predicted octanol–water partition coefficient (Wildman–Crippen LogP) is 5.66. The Labute approximate surface area is 184 Å². The number of nitrogens with zero attached hydrogens (tertiary/aromatic N) is 3. The molecule has 3 rings (SSSR count). The molecule has 0 N–H and O–H groups in total. The van der Waals surface area contributed by atoms with Gasteiger partial charge in [0.2, 0.25) is 11.6 Å². The molecule has 0 saturated carbocycles. The molecule has 0 spiro atoms. The third-order valence-electron chi connectivity index (χ3n) is 4.92. The number of pyridine rings is 1. The Morgan fingerprint density at radius 1 is 1.29 bits per heavy atom. The van der Waals surface area contributed by atoms with Crippen LogP contribution in [0.15, 0.2) is 18.3 Å². The van der Waals surface area contributed by atoms with E-state index in [0.717, 1.165) is 29.2 Å². The van der Waals surface area contributed by atoms with Crippen molar-refractivity contribution >= 4 is 22.6 Å². The number of fused-ring (bicyclic) bond motifs is 1. The maximum Gasteiger partial charge on any atom is 0.410 e. The van der Waals surface area contributed by atoms with Crippen molar-refractivity contribution < 1.29 is 19.0 Å². The first kappa shape index (κ1) is 22.7. The Morgan fingerprint density at radius 3 is 2.68 bits per heavy atom. The lowest BCUT2D eigenvalue weighted by Gasteiger charge is -2.34.